The first-order valence-corrected chi connectivity index (χ1v) is 8.78. The summed E-state index contributed by atoms with van der Waals surface area (Å²) in [7, 11) is 3.24. The van der Waals surface area contributed by atoms with Crippen LogP contribution in [0, 0.1) is 0 Å². The minimum Gasteiger partial charge on any atom is -0.497 e. The van der Waals surface area contributed by atoms with Crippen molar-refractivity contribution in [2.24, 2.45) is 0 Å². The summed E-state index contributed by atoms with van der Waals surface area (Å²) < 4.78 is 10.7. The Morgan fingerprint density at radius 1 is 0.889 bits per heavy atom. The van der Waals surface area contributed by atoms with Gasteiger partial charge in [0.1, 0.15) is 17.3 Å². The molecule has 6 heteroatoms. The zero-order valence-electron chi connectivity index (χ0n) is 16.0. The van der Waals surface area contributed by atoms with Crippen LogP contribution < -0.4 is 20.1 Å². The molecule has 0 fully saturated rings. The summed E-state index contributed by atoms with van der Waals surface area (Å²) in [4.78, 5) is 8.87. The molecule has 0 spiro atoms. The highest BCUT2D eigenvalue weighted by atomic mass is 16.5. The van der Waals surface area contributed by atoms with Gasteiger partial charge in [0.05, 0.1) is 19.9 Å². The molecule has 2 N–H and O–H groups in total. The van der Waals surface area contributed by atoms with Crippen LogP contribution in [0.15, 0.2) is 54.7 Å². The summed E-state index contributed by atoms with van der Waals surface area (Å²) in [5.41, 5.74) is 3.01. The van der Waals surface area contributed by atoms with Crippen LogP contribution >= 0.6 is 0 Å². The number of methoxy groups -OCH3 is 2. The molecule has 0 bridgehead atoms. The molecule has 0 aliphatic rings. The minimum absolute atomic E-state index is 0.411. The van der Waals surface area contributed by atoms with E-state index in [9.17, 15) is 0 Å². The van der Waals surface area contributed by atoms with E-state index in [2.05, 4.69) is 46.6 Å². The lowest BCUT2D eigenvalue weighted by atomic mass is 10.0. The van der Waals surface area contributed by atoms with E-state index in [-0.39, 0.29) is 0 Å². The molecule has 6 nitrogen and oxygen atoms in total. The second-order valence-electron chi connectivity index (χ2n) is 6.32. The van der Waals surface area contributed by atoms with Crippen LogP contribution in [0.1, 0.15) is 25.3 Å². The normalized spacial score (nSPS) is 10.6. The molecular weight excluding hydrogens is 340 g/mol. The van der Waals surface area contributed by atoms with Crippen LogP contribution in [0.25, 0.3) is 0 Å². The third-order valence-electron chi connectivity index (χ3n) is 4.15. The first-order chi connectivity index (χ1) is 13.1. The highest BCUT2D eigenvalue weighted by Crippen LogP contribution is 2.31. The van der Waals surface area contributed by atoms with Crippen molar-refractivity contribution < 1.29 is 9.47 Å². The van der Waals surface area contributed by atoms with Crippen molar-refractivity contribution >= 4 is 23.1 Å². The van der Waals surface area contributed by atoms with Gasteiger partial charge in [-0.3, -0.25) is 0 Å². The number of ether oxygens (including phenoxy) is 2. The number of aromatic nitrogens is 2. The van der Waals surface area contributed by atoms with Crippen molar-refractivity contribution in [3.05, 3.63) is 60.3 Å². The third-order valence-corrected chi connectivity index (χ3v) is 4.15. The summed E-state index contributed by atoms with van der Waals surface area (Å²) in [5, 5.41) is 6.58. The van der Waals surface area contributed by atoms with Crippen molar-refractivity contribution in [2.75, 3.05) is 24.9 Å². The zero-order chi connectivity index (χ0) is 19.2. The quantitative estimate of drug-likeness (QED) is 0.607. The minimum atomic E-state index is 0.411. The first kappa shape index (κ1) is 18.5. The number of rotatable bonds is 7. The van der Waals surface area contributed by atoms with E-state index in [1.54, 1.807) is 20.4 Å². The van der Waals surface area contributed by atoms with E-state index in [1.165, 1.54) is 5.56 Å². The van der Waals surface area contributed by atoms with Gasteiger partial charge >= 0.3 is 0 Å². The predicted octanol–water partition coefficient (Wildman–Crippen LogP) is 5.10. The Morgan fingerprint density at radius 3 is 2.44 bits per heavy atom. The second kappa shape index (κ2) is 8.40. The number of nitrogens with zero attached hydrogens (tertiary/aromatic N) is 2. The van der Waals surface area contributed by atoms with Gasteiger partial charge in [0, 0.05) is 18.0 Å². The van der Waals surface area contributed by atoms with E-state index < -0.39 is 0 Å². The van der Waals surface area contributed by atoms with E-state index in [4.69, 9.17) is 9.47 Å². The molecule has 0 saturated heterocycles. The fourth-order valence-electron chi connectivity index (χ4n) is 2.77. The molecule has 0 aliphatic heterocycles. The van der Waals surface area contributed by atoms with Crippen molar-refractivity contribution in [2.45, 2.75) is 19.8 Å². The monoisotopic (exact) mass is 364 g/mol. The van der Waals surface area contributed by atoms with Crippen LogP contribution in [0.4, 0.5) is 23.1 Å². The molecule has 27 heavy (non-hydrogen) atoms. The highest BCUT2D eigenvalue weighted by Gasteiger charge is 2.09. The average molecular weight is 364 g/mol. The summed E-state index contributed by atoms with van der Waals surface area (Å²) in [6.45, 7) is 4.34. The Kier molecular flexibility index (Phi) is 5.76. The van der Waals surface area contributed by atoms with Crippen LogP contribution in [-0.4, -0.2) is 24.2 Å². The number of hydrogen-bond acceptors (Lipinski definition) is 6. The van der Waals surface area contributed by atoms with Gasteiger partial charge in [0.25, 0.3) is 0 Å². The maximum Gasteiger partial charge on any atom is 0.229 e. The number of nitrogens with one attached hydrogen (secondary N) is 2. The Labute approximate surface area is 159 Å². The summed E-state index contributed by atoms with van der Waals surface area (Å²) in [5.74, 6) is 2.99. The van der Waals surface area contributed by atoms with Gasteiger partial charge in [-0.25, -0.2) is 4.98 Å². The van der Waals surface area contributed by atoms with Crippen LogP contribution in [-0.2, 0) is 0 Å². The van der Waals surface area contributed by atoms with E-state index in [1.807, 2.05) is 36.4 Å². The topological polar surface area (TPSA) is 68.3 Å². The Bertz CT molecular complexity index is 912. The fraction of sp³-hybridized carbons (Fsp3) is 0.238. The van der Waals surface area contributed by atoms with Gasteiger partial charge in [0.15, 0.2) is 0 Å². The maximum atomic E-state index is 5.40. The molecule has 140 valence electrons. The number of anilines is 4. The molecule has 2 aromatic carbocycles. The Balaban J connectivity index is 1.85. The molecule has 1 heterocycles. The van der Waals surface area contributed by atoms with E-state index in [0.717, 1.165) is 17.1 Å². The molecule has 3 aromatic rings. The van der Waals surface area contributed by atoms with Gasteiger partial charge < -0.3 is 20.1 Å². The first-order valence-electron chi connectivity index (χ1n) is 8.78. The van der Waals surface area contributed by atoms with Crippen molar-refractivity contribution in [3.8, 4) is 11.5 Å². The molecule has 0 saturated carbocycles. The standard InChI is InChI=1S/C21H24N4O2/c1-14(2)16-7-5-6-8-17(16)23-20-11-12-22-21(25-20)24-18-13-15(26-3)9-10-19(18)27-4/h5-14H,1-4H3,(H2,22,23,24,25). The van der Waals surface area contributed by atoms with E-state index >= 15 is 0 Å². The largest absolute Gasteiger partial charge is 0.497 e. The molecule has 3 rings (SSSR count). The summed E-state index contributed by atoms with van der Waals surface area (Å²) in [6.07, 6.45) is 1.71. The molecule has 0 atom stereocenters. The number of hydrogen-bond donors (Lipinski definition) is 2. The number of para-hydroxylation sites is 1. The molecular formula is C21H24N4O2. The van der Waals surface area contributed by atoms with Gasteiger partial charge in [-0.05, 0) is 35.7 Å². The summed E-state index contributed by atoms with van der Waals surface area (Å²) in [6, 6.07) is 15.6. The number of benzene rings is 2. The molecule has 1 aromatic heterocycles. The molecule has 0 aliphatic carbocycles. The molecule has 0 radical (unpaired) electrons. The van der Waals surface area contributed by atoms with Gasteiger partial charge in [-0.15, -0.1) is 0 Å². The van der Waals surface area contributed by atoms with Gasteiger partial charge in [-0.2, -0.15) is 4.98 Å². The lowest BCUT2D eigenvalue weighted by Crippen LogP contribution is -2.03. The van der Waals surface area contributed by atoms with Crippen LogP contribution in [0.5, 0.6) is 11.5 Å². The second-order valence-corrected chi connectivity index (χ2v) is 6.32. The average Bonchev–Trinajstić information content (AvgIpc) is 2.68. The van der Waals surface area contributed by atoms with Gasteiger partial charge in [-0.1, -0.05) is 32.0 Å². The van der Waals surface area contributed by atoms with E-state index in [0.29, 0.717) is 23.4 Å². The predicted molar refractivity (Wildman–Crippen MR) is 109 cm³/mol. The maximum absolute atomic E-state index is 5.40. The van der Waals surface area contributed by atoms with Crippen LogP contribution in [0.2, 0.25) is 0 Å². The SMILES string of the molecule is COc1ccc(OC)c(Nc2nccc(Nc3ccccc3C(C)C)n2)c1. The molecule has 0 unspecified atom stereocenters. The van der Waals surface area contributed by atoms with Crippen LogP contribution in [0.3, 0.4) is 0 Å². The van der Waals surface area contributed by atoms with Gasteiger partial charge in [0.2, 0.25) is 5.95 Å². The lowest BCUT2D eigenvalue weighted by Gasteiger charge is -2.15. The van der Waals surface area contributed by atoms with Crippen molar-refractivity contribution in [3.63, 3.8) is 0 Å². The van der Waals surface area contributed by atoms with Crippen molar-refractivity contribution in [1.82, 2.24) is 9.97 Å². The zero-order valence-corrected chi connectivity index (χ0v) is 16.0. The highest BCUT2D eigenvalue weighted by molar-refractivity contribution is 5.67. The Hall–Kier alpha value is -3.28. The molecule has 0 amide bonds. The Morgan fingerprint density at radius 2 is 1.70 bits per heavy atom. The third kappa shape index (κ3) is 4.47. The lowest BCUT2D eigenvalue weighted by molar-refractivity contribution is 0.405. The van der Waals surface area contributed by atoms with Crippen molar-refractivity contribution in [1.29, 1.82) is 0 Å². The summed E-state index contributed by atoms with van der Waals surface area (Å²) >= 11 is 0. The fourth-order valence-corrected chi connectivity index (χ4v) is 2.77. The smallest absolute Gasteiger partial charge is 0.229 e.